The Morgan fingerprint density at radius 3 is 2.64 bits per heavy atom. The Hall–Kier alpha value is -3.88. The first-order valence-electron chi connectivity index (χ1n) is 12.3. The maximum absolute atomic E-state index is 13.2. The number of aliphatic imine (C=N–C) groups is 1. The normalized spacial score (nSPS) is 18.7. The Kier molecular flexibility index (Phi) is 7.28. The number of nitrogens with one attached hydrogen (secondary N) is 1. The average Bonchev–Trinajstić information content (AvgIpc) is 2.86. The van der Waals surface area contributed by atoms with Crippen LogP contribution in [0.25, 0.3) is 0 Å². The third kappa shape index (κ3) is 5.05. The molecule has 1 unspecified atom stereocenters. The molecule has 9 nitrogen and oxygen atoms in total. The van der Waals surface area contributed by atoms with E-state index < -0.39 is 17.6 Å². The summed E-state index contributed by atoms with van der Waals surface area (Å²) < 4.78 is 11.0. The smallest absolute Gasteiger partial charge is 0.313 e. The van der Waals surface area contributed by atoms with Crippen molar-refractivity contribution in [3.8, 4) is 11.5 Å². The van der Waals surface area contributed by atoms with Gasteiger partial charge >= 0.3 is 5.97 Å². The third-order valence-corrected chi connectivity index (χ3v) is 6.87. The number of fused-ring (bicyclic) bond motifs is 1. The lowest BCUT2D eigenvalue weighted by atomic mass is 9.88. The average molecular weight is 493 g/mol. The number of benzene rings is 2. The van der Waals surface area contributed by atoms with Gasteiger partial charge in [-0.2, -0.15) is 0 Å². The van der Waals surface area contributed by atoms with Gasteiger partial charge in [-0.05, 0) is 44.0 Å². The van der Waals surface area contributed by atoms with Crippen molar-refractivity contribution in [3.05, 3.63) is 59.2 Å². The molecule has 4 rings (SSSR count). The van der Waals surface area contributed by atoms with Crippen LogP contribution in [0.2, 0.25) is 0 Å². The molecular weight excluding hydrogens is 460 g/mol. The summed E-state index contributed by atoms with van der Waals surface area (Å²) in [7, 11) is 0. The second-order valence-corrected chi connectivity index (χ2v) is 9.06. The number of hydrogen-bond acceptors (Lipinski definition) is 7. The summed E-state index contributed by atoms with van der Waals surface area (Å²) in [6, 6.07) is 11.7. The lowest BCUT2D eigenvalue weighted by Crippen LogP contribution is -2.50. The van der Waals surface area contributed by atoms with E-state index in [0.717, 1.165) is 18.4 Å². The van der Waals surface area contributed by atoms with Crippen LogP contribution in [0.5, 0.6) is 11.5 Å². The maximum atomic E-state index is 13.2. The molecule has 9 heteroatoms. The van der Waals surface area contributed by atoms with Gasteiger partial charge in [0.15, 0.2) is 5.96 Å². The minimum absolute atomic E-state index is 0.0402. The number of esters is 1. The fourth-order valence-electron chi connectivity index (χ4n) is 4.66. The van der Waals surface area contributed by atoms with Gasteiger partial charge in [-0.15, -0.1) is 0 Å². The molecule has 0 saturated carbocycles. The summed E-state index contributed by atoms with van der Waals surface area (Å²) in [4.78, 5) is 44.4. The quantitative estimate of drug-likeness (QED) is 0.430. The molecule has 3 N–H and O–H groups in total. The van der Waals surface area contributed by atoms with E-state index in [1.165, 1.54) is 4.90 Å². The molecule has 2 aliphatic heterocycles. The zero-order valence-electron chi connectivity index (χ0n) is 20.9. The SMILES string of the molecule is CCOc1ccc(C(=O)NC2CC(=O)Oc3ccccc32)cc1CN1C(=O)CC(CC)(CC)N=C1N. The van der Waals surface area contributed by atoms with E-state index in [-0.39, 0.29) is 37.2 Å². The van der Waals surface area contributed by atoms with Gasteiger partial charge in [-0.3, -0.25) is 19.3 Å². The third-order valence-electron chi connectivity index (χ3n) is 6.87. The molecule has 2 aromatic rings. The van der Waals surface area contributed by atoms with Crippen LogP contribution in [-0.2, 0) is 16.1 Å². The van der Waals surface area contributed by atoms with Crippen molar-refractivity contribution in [3.63, 3.8) is 0 Å². The van der Waals surface area contributed by atoms with Crippen molar-refractivity contribution in [2.24, 2.45) is 10.7 Å². The molecule has 2 aliphatic rings. The molecule has 1 atom stereocenters. The second-order valence-electron chi connectivity index (χ2n) is 9.06. The van der Waals surface area contributed by atoms with E-state index in [1.807, 2.05) is 32.9 Å². The van der Waals surface area contributed by atoms with Gasteiger partial charge in [0.1, 0.15) is 11.5 Å². The molecule has 2 aromatic carbocycles. The van der Waals surface area contributed by atoms with Crippen LogP contribution in [0.4, 0.5) is 0 Å². The summed E-state index contributed by atoms with van der Waals surface area (Å²) in [6.07, 6.45) is 1.77. The van der Waals surface area contributed by atoms with Crippen molar-refractivity contribution in [2.45, 2.75) is 64.6 Å². The highest BCUT2D eigenvalue weighted by molar-refractivity contribution is 5.99. The lowest BCUT2D eigenvalue weighted by Gasteiger charge is -2.36. The number of para-hydroxylation sites is 1. The van der Waals surface area contributed by atoms with Gasteiger partial charge in [0.2, 0.25) is 5.91 Å². The number of hydrogen-bond donors (Lipinski definition) is 2. The highest BCUT2D eigenvalue weighted by Crippen LogP contribution is 2.33. The zero-order chi connectivity index (χ0) is 25.9. The summed E-state index contributed by atoms with van der Waals surface area (Å²) >= 11 is 0. The Morgan fingerprint density at radius 1 is 1.19 bits per heavy atom. The summed E-state index contributed by atoms with van der Waals surface area (Å²) in [5.41, 5.74) is 7.53. The minimum atomic E-state index is -0.507. The van der Waals surface area contributed by atoms with E-state index in [1.54, 1.807) is 30.3 Å². The number of carbonyl (C=O) groups excluding carboxylic acids is 3. The van der Waals surface area contributed by atoms with Crippen LogP contribution >= 0.6 is 0 Å². The number of nitrogens with two attached hydrogens (primary N) is 1. The number of ether oxygens (including phenoxy) is 2. The summed E-state index contributed by atoms with van der Waals surface area (Å²) in [6.45, 7) is 6.42. The van der Waals surface area contributed by atoms with Crippen LogP contribution in [0.3, 0.4) is 0 Å². The number of nitrogens with zero attached hydrogens (tertiary/aromatic N) is 2. The minimum Gasteiger partial charge on any atom is -0.494 e. The van der Waals surface area contributed by atoms with Gasteiger partial charge in [-0.25, -0.2) is 4.99 Å². The molecule has 0 radical (unpaired) electrons. The monoisotopic (exact) mass is 492 g/mol. The molecule has 0 saturated heterocycles. The first-order valence-corrected chi connectivity index (χ1v) is 12.3. The highest BCUT2D eigenvalue weighted by atomic mass is 16.5. The molecule has 0 aliphatic carbocycles. The number of guanidine groups is 1. The molecular formula is C27H32N4O5. The van der Waals surface area contributed by atoms with Crippen molar-refractivity contribution in [1.82, 2.24) is 10.2 Å². The van der Waals surface area contributed by atoms with Gasteiger partial charge in [0.05, 0.1) is 37.6 Å². The van der Waals surface area contributed by atoms with Crippen molar-refractivity contribution in [1.29, 1.82) is 0 Å². The molecule has 0 aromatic heterocycles. The standard InChI is InChI=1S/C27H32N4O5/c1-4-27(5-2)15-23(32)31(26(28)30-27)16-18-13-17(11-12-21(18)35-6-3)25(34)29-20-14-24(33)36-22-10-8-7-9-19(20)22/h7-13,20H,4-6,14-16H2,1-3H3,(H2,28,30)(H,29,34). The Balaban J connectivity index is 1.59. The van der Waals surface area contributed by atoms with Crippen LogP contribution < -0.4 is 20.5 Å². The molecule has 36 heavy (non-hydrogen) atoms. The van der Waals surface area contributed by atoms with Gasteiger partial charge in [0.25, 0.3) is 5.91 Å². The van der Waals surface area contributed by atoms with E-state index in [2.05, 4.69) is 10.3 Å². The molecule has 0 fully saturated rings. The molecule has 190 valence electrons. The number of rotatable bonds is 8. The predicted molar refractivity (Wildman–Crippen MR) is 135 cm³/mol. The molecule has 2 amide bonds. The molecule has 0 spiro atoms. The Morgan fingerprint density at radius 2 is 1.94 bits per heavy atom. The van der Waals surface area contributed by atoms with Crippen LogP contribution in [0.1, 0.15) is 74.0 Å². The fraction of sp³-hybridized carbons (Fsp3) is 0.407. The topological polar surface area (TPSA) is 123 Å². The first kappa shape index (κ1) is 25.2. The first-order chi connectivity index (χ1) is 17.3. The Labute approximate surface area is 210 Å². The van der Waals surface area contributed by atoms with Gasteiger partial charge in [0, 0.05) is 16.7 Å². The molecule has 0 bridgehead atoms. The van der Waals surface area contributed by atoms with E-state index >= 15 is 0 Å². The van der Waals surface area contributed by atoms with Crippen LogP contribution in [-0.4, -0.2) is 40.8 Å². The van der Waals surface area contributed by atoms with E-state index in [9.17, 15) is 14.4 Å². The largest absolute Gasteiger partial charge is 0.494 e. The van der Waals surface area contributed by atoms with Crippen molar-refractivity contribution >= 4 is 23.7 Å². The fourth-order valence-corrected chi connectivity index (χ4v) is 4.66. The number of carbonyl (C=O) groups is 3. The van der Waals surface area contributed by atoms with Crippen molar-refractivity contribution < 1.29 is 23.9 Å². The summed E-state index contributed by atoms with van der Waals surface area (Å²) in [5, 5.41) is 2.94. The van der Waals surface area contributed by atoms with Crippen LogP contribution in [0, 0.1) is 0 Å². The van der Waals surface area contributed by atoms with Crippen molar-refractivity contribution in [2.75, 3.05) is 6.61 Å². The second kappa shape index (κ2) is 10.4. The molecule has 2 heterocycles. The lowest BCUT2D eigenvalue weighted by molar-refractivity contribution is -0.136. The van der Waals surface area contributed by atoms with Gasteiger partial charge < -0.3 is 20.5 Å². The summed E-state index contributed by atoms with van der Waals surface area (Å²) in [5.74, 6) is 0.311. The van der Waals surface area contributed by atoms with E-state index in [0.29, 0.717) is 29.2 Å². The Bertz CT molecular complexity index is 1200. The van der Waals surface area contributed by atoms with Crippen LogP contribution in [0.15, 0.2) is 47.5 Å². The highest BCUT2D eigenvalue weighted by Gasteiger charge is 2.37. The van der Waals surface area contributed by atoms with E-state index in [4.69, 9.17) is 15.2 Å². The predicted octanol–water partition coefficient (Wildman–Crippen LogP) is 3.47. The number of amides is 2. The van der Waals surface area contributed by atoms with Gasteiger partial charge in [-0.1, -0.05) is 32.0 Å². The zero-order valence-corrected chi connectivity index (χ0v) is 20.9. The maximum Gasteiger partial charge on any atom is 0.313 e.